The van der Waals surface area contributed by atoms with Crippen molar-refractivity contribution in [3.05, 3.63) is 23.3 Å². The highest BCUT2D eigenvalue weighted by Gasteiger charge is 2.75. The van der Waals surface area contributed by atoms with Crippen LogP contribution in [0.3, 0.4) is 0 Å². The van der Waals surface area contributed by atoms with Crippen LogP contribution < -0.4 is 10.6 Å². The summed E-state index contributed by atoms with van der Waals surface area (Å²) in [6, 6.07) is 1.18. The number of hydrogen-bond donors (Lipinski definition) is 4. The first-order chi connectivity index (χ1) is 19.6. The smallest absolute Gasteiger partial charge is 0.405 e. The van der Waals surface area contributed by atoms with Crippen molar-refractivity contribution in [3.8, 4) is 6.07 Å². The largest absolute Gasteiger partial charge is 0.465 e. The van der Waals surface area contributed by atoms with Gasteiger partial charge in [-0.15, -0.1) is 0 Å². The zero-order valence-electron chi connectivity index (χ0n) is 26.8. The summed E-state index contributed by atoms with van der Waals surface area (Å²) in [7, 11) is 0. The average Bonchev–Trinajstić information content (AvgIpc) is 2.91. The standard InChI is InChI=1S/C34H47N3O6/c1-19(36-27(41)42)26(40)37-30(5)13-11-29(4)12-14-33(8)32(7)10-9-21-28(2,3)25(39)20(18-35)16-31(21,6)22(32)15-24(38)34(33,43)23(29)17-30/h15-16,19,21,23,36,43H,9-14,17H2,1-8H3,(H,37,40)(H,41,42)/t19?,21-,23+,29-,30-,31-,32+,33-,34+/m0/s1. The first kappa shape index (κ1) is 31.4. The van der Waals surface area contributed by atoms with E-state index in [-0.39, 0.29) is 28.5 Å². The van der Waals surface area contributed by atoms with Gasteiger partial charge in [0.25, 0.3) is 0 Å². The van der Waals surface area contributed by atoms with Crippen LogP contribution in [0.2, 0.25) is 0 Å². The summed E-state index contributed by atoms with van der Waals surface area (Å²) in [5, 5.41) is 37.2. The normalized spacial score (nSPS) is 45.5. The number of amides is 2. The van der Waals surface area contributed by atoms with Crippen molar-refractivity contribution in [2.45, 2.75) is 118 Å². The Morgan fingerprint density at radius 1 is 1.00 bits per heavy atom. The minimum absolute atomic E-state index is 0.0880. The fraction of sp³-hybridized carbons (Fsp3) is 0.735. The quantitative estimate of drug-likeness (QED) is 0.364. The molecule has 0 radical (unpaired) electrons. The Morgan fingerprint density at radius 2 is 1.63 bits per heavy atom. The fourth-order valence-corrected chi connectivity index (χ4v) is 10.5. The predicted molar refractivity (Wildman–Crippen MR) is 159 cm³/mol. The van der Waals surface area contributed by atoms with Gasteiger partial charge in [-0.05, 0) is 87.2 Å². The number of nitrogens with one attached hydrogen (secondary N) is 2. The summed E-state index contributed by atoms with van der Waals surface area (Å²) in [5.41, 5.74) is -4.58. The topological polar surface area (TPSA) is 157 Å². The molecule has 3 saturated carbocycles. The Morgan fingerprint density at radius 3 is 2.23 bits per heavy atom. The molecular weight excluding hydrogens is 546 g/mol. The highest BCUT2D eigenvalue weighted by atomic mass is 16.4. The number of allylic oxidation sites excluding steroid dienone is 3. The molecule has 0 aromatic carbocycles. The zero-order chi connectivity index (χ0) is 32.2. The van der Waals surface area contributed by atoms with Crippen molar-refractivity contribution in [2.75, 3.05) is 0 Å². The van der Waals surface area contributed by atoms with Crippen molar-refractivity contribution in [3.63, 3.8) is 0 Å². The van der Waals surface area contributed by atoms with Crippen molar-refractivity contribution in [1.29, 1.82) is 5.26 Å². The second-order valence-electron chi connectivity index (χ2n) is 16.1. The molecule has 9 heteroatoms. The van der Waals surface area contributed by atoms with Crippen LogP contribution in [0.4, 0.5) is 4.79 Å². The Balaban J connectivity index is 1.60. The molecule has 234 valence electrons. The maximum Gasteiger partial charge on any atom is 0.405 e. The predicted octanol–water partition coefficient (Wildman–Crippen LogP) is 4.85. The van der Waals surface area contributed by atoms with E-state index in [1.54, 1.807) is 12.2 Å². The van der Waals surface area contributed by atoms with Crippen LogP contribution >= 0.6 is 0 Å². The van der Waals surface area contributed by atoms with Crippen LogP contribution in [-0.2, 0) is 14.4 Å². The highest BCUT2D eigenvalue weighted by molar-refractivity contribution is 6.05. The minimum atomic E-state index is -1.69. The van der Waals surface area contributed by atoms with Crippen molar-refractivity contribution >= 4 is 23.6 Å². The molecule has 9 atom stereocenters. The van der Waals surface area contributed by atoms with Crippen LogP contribution in [-0.4, -0.2) is 51.0 Å². The van der Waals surface area contributed by atoms with Gasteiger partial charge in [0.2, 0.25) is 5.91 Å². The van der Waals surface area contributed by atoms with Gasteiger partial charge in [-0.1, -0.05) is 47.6 Å². The van der Waals surface area contributed by atoms with E-state index in [2.05, 4.69) is 44.4 Å². The lowest BCUT2D eigenvalue weighted by molar-refractivity contribution is -0.240. The molecule has 43 heavy (non-hydrogen) atoms. The number of fused-ring (bicyclic) bond motifs is 7. The first-order valence-corrected chi connectivity index (χ1v) is 15.6. The molecule has 2 amide bonds. The average molecular weight is 594 g/mol. The van der Waals surface area contributed by atoms with Gasteiger partial charge in [-0.3, -0.25) is 14.4 Å². The molecule has 0 saturated heterocycles. The molecule has 4 N–H and O–H groups in total. The van der Waals surface area contributed by atoms with Gasteiger partial charge in [-0.25, -0.2) is 4.79 Å². The zero-order valence-corrected chi connectivity index (χ0v) is 26.8. The second kappa shape index (κ2) is 9.26. The molecule has 0 aromatic heterocycles. The number of carbonyl (C=O) groups excluding carboxylic acids is 3. The van der Waals surface area contributed by atoms with Gasteiger partial charge >= 0.3 is 6.09 Å². The summed E-state index contributed by atoms with van der Waals surface area (Å²) in [6.07, 6.45) is 6.79. The van der Waals surface area contributed by atoms with Gasteiger partial charge in [-0.2, -0.15) is 5.26 Å². The van der Waals surface area contributed by atoms with Gasteiger partial charge in [0.05, 0.1) is 5.57 Å². The van der Waals surface area contributed by atoms with Crippen molar-refractivity contribution in [2.24, 2.45) is 38.9 Å². The Kier molecular flexibility index (Phi) is 6.77. The molecule has 0 aromatic rings. The Labute approximate surface area is 254 Å². The van der Waals surface area contributed by atoms with Gasteiger partial charge in [0.15, 0.2) is 11.6 Å². The number of ketones is 2. The van der Waals surface area contributed by atoms with E-state index in [1.807, 2.05) is 20.8 Å². The van der Waals surface area contributed by atoms with E-state index < -0.39 is 56.8 Å². The number of nitrogens with zero attached hydrogens (tertiary/aromatic N) is 1. The van der Waals surface area contributed by atoms with Gasteiger partial charge in [0, 0.05) is 27.7 Å². The van der Waals surface area contributed by atoms with Crippen LogP contribution in [0.1, 0.15) is 100 Å². The van der Waals surface area contributed by atoms with Crippen LogP contribution in [0, 0.1) is 50.2 Å². The van der Waals surface area contributed by atoms with Crippen LogP contribution in [0.15, 0.2) is 23.3 Å². The van der Waals surface area contributed by atoms with E-state index >= 15 is 0 Å². The third-order valence-electron chi connectivity index (χ3n) is 13.4. The molecule has 3 fully saturated rings. The lowest BCUT2D eigenvalue weighted by atomic mass is 9.33. The lowest BCUT2D eigenvalue weighted by Crippen LogP contribution is -2.74. The number of Topliss-reactive ketones (excluding diaryl/α,β-unsaturated/α-hetero) is 1. The molecule has 5 aliphatic rings. The van der Waals surface area contributed by atoms with Gasteiger partial charge in [0.1, 0.15) is 17.7 Å². The fourth-order valence-electron chi connectivity index (χ4n) is 10.5. The van der Waals surface area contributed by atoms with E-state index in [4.69, 9.17) is 5.11 Å². The lowest BCUT2D eigenvalue weighted by Gasteiger charge is -2.71. The highest BCUT2D eigenvalue weighted by Crippen LogP contribution is 2.75. The molecule has 0 bridgehead atoms. The summed E-state index contributed by atoms with van der Waals surface area (Å²) in [6.45, 7) is 15.6. The maximum absolute atomic E-state index is 14.6. The number of aliphatic hydroxyl groups is 1. The third kappa shape index (κ3) is 3.97. The molecule has 5 rings (SSSR count). The van der Waals surface area contributed by atoms with E-state index in [0.717, 1.165) is 18.4 Å². The summed E-state index contributed by atoms with van der Waals surface area (Å²) >= 11 is 0. The molecule has 0 spiro atoms. The maximum atomic E-state index is 14.6. The van der Waals surface area contributed by atoms with Crippen LogP contribution in [0.5, 0.6) is 0 Å². The molecular formula is C34H47N3O6. The van der Waals surface area contributed by atoms with Crippen molar-refractivity contribution < 1.29 is 29.4 Å². The minimum Gasteiger partial charge on any atom is -0.465 e. The van der Waals surface area contributed by atoms with Crippen LogP contribution in [0.25, 0.3) is 0 Å². The molecule has 1 unspecified atom stereocenters. The number of rotatable bonds is 3. The SMILES string of the molecule is CC(NC(=O)O)C(=O)N[C@@]1(C)CC[C@@]2(C)CC[C@@]3(C)[C@]4(C)CC[C@H]5C(C)(C)C(=O)C(C#N)=C[C@]5(C)C4=CC(=O)[C@]3(O)[C@@H]2C1. The van der Waals surface area contributed by atoms with E-state index in [9.17, 15) is 29.5 Å². The molecule has 9 nitrogen and oxygen atoms in total. The summed E-state index contributed by atoms with van der Waals surface area (Å²) < 4.78 is 0. The Hall–Kier alpha value is -2.99. The number of nitriles is 1. The number of carbonyl (C=O) groups is 4. The van der Waals surface area contributed by atoms with E-state index in [1.165, 1.54) is 6.92 Å². The summed E-state index contributed by atoms with van der Waals surface area (Å²) in [5.74, 6) is -1.46. The Bertz CT molecular complexity index is 1420. The molecule has 5 aliphatic carbocycles. The first-order valence-electron chi connectivity index (χ1n) is 15.6. The third-order valence-corrected chi connectivity index (χ3v) is 13.4. The molecule has 0 heterocycles. The number of hydrogen-bond acceptors (Lipinski definition) is 6. The van der Waals surface area contributed by atoms with Gasteiger partial charge < -0.3 is 20.8 Å². The monoisotopic (exact) mass is 593 g/mol. The summed E-state index contributed by atoms with van der Waals surface area (Å²) in [4.78, 5) is 51.9. The van der Waals surface area contributed by atoms with Crippen molar-refractivity contribution in [1.82, 2.24) is 10.6 Å². The molecule has 0 aliphatic heterocycles. The van der Waals surface area contributed by atoms with E-state index in [0.29, 0.717) is 32.1 Å². The number of carboxylic acid groups (broad SMARTS) is 1. The second-order valence-corrected chi connectivity index (χ2v) is 16.1.